The van der Waals surface area contributed by atoms with Gasteiger partial charge in [-0.3, -0.25) is 9.20 Å². The van der Waals surface area contributed by atoms with E-state index in [1.165, 1.54) is 21.8 Å². The van der Waals surface area contributed by atoms with E-state index in [9.17, 15) is 4.79 Å². The molecule has 0 radical (unpaired) electrons. The third-order valence-electron chi connectivity index (χ3n) is 1.31. The van der Waals surface area contributed by atoms with Crippen molar-refractivity contribution in [1.82, 2.24) is 9.38 Å². The molecule has 0 aromatic carbocycles. The second kappa shape index (κ2) is 2.83. The van der Waals surface area contributed by atoms with Gasteiger partial charge in [-0.05, 0) is 15.9 Å². The van der Waals surface area contributed by atoms with Crippen molar-refractivity contribution in [2.24, 2.45) is 0 Å². The lowest BCUT2D eigenvalue weighted by atomic mass is 10.6. The van der Waals surface area contributed by atoms with Gasteiger partial charge in [-0.15, -0.1) is 0 Å². The molecule has 0 fully saturated rings. The Morgan fingerprint density at radius 3 is 3.17 bits per heavy atom. The van der Waals surface area contributed by atoms with E-state index in [4.69, 9.17) is 11.6 Å². The van der Waals surface area contributed by atoms with E-state index in [0.717, 1.165) is 0 Å². The Kier molecular flexibility index (Phi) is 1.94. The molecule has 2 rings (SSSR count). The second-order valence-corrected chi connectivity index (χ2v) is 4.56. The molecule has 3 nitrogen and oxygen atoms in total. The summed E-state index contributed by atoms with van der Waals surface area (Å²) in [4.78, 5) is 15.9. The van der Waals surface area contributed by atoms with E-state index in [1.807, 2.05) is 0 Å². The smallest absolute Gasteiger partial charge is 0.259 e. The maximum atomic E-state index is 11.3. The summed E-state index contributed by atoms with van der Waals surface area (Å²) in [6, 6.07) is 1.40. The van der Waals surface area contributed by atoms with Crippen LogP contribution in [0.15, 0.2) is 21.7 Å². The van der Waals surface area contributed by atoms with Gasteiger partial charge in [0.25, 0.3) is 5.56 Å². The van der Waals surface area contributed by atoms with E-state index in [0.29, 0.717) is 13.9 Å². The molecule has 0 saturated carbocycles. The summed E-state index contributed by atoms with van der Waals surface area (Å²) in [6.07, 6.45) is 1.56. The number of halogens is 2. The molecule has 0 atom stereocenters. The van der Waals surface area contributed by atoms with E-state index < -0.39 is 0 Å². The summed E-state index contributed by atoms with van der Waals surface area (Å²) in [5.41, 5.74) is -0.130. The first-order chi connectivity index (χ1) is 5.66. The van der Waals surface area contributed by atoms with Crippen LogP contribution < -0.4 is 5.56 Å². The molecular weight excluding hydrogens is 264 g/mol. The van der Waals surface area contributed by atoms with E-state index >= 15 is 0 Å². The molecule has 2 aromatic rings. The quantitative estimate of drug-likeness (QED) is 0.684. The monoisotopic (exact) mass is 264 g/mol. The van der Waals surface area contributed by atoms with Crippen LogP contribution >= 0.6 is 38.9 Å². The lowest BCUT2D eigenvalue weighted by Crippen LogP contribution is -2.10. The fourth-order valence-electron chi connectivity index (χ4n) is 0.849. The predicted molar refractivity (Wildman–Crippen MR) is 52.0 cm³/mol. The minimum Gasteiger partial charge on any atom is -0.269 e. The first-order valence-electron chi connectivity index (χ1n) is 3.01. The number of rotatable bonds is 0. The summed E-state index contributed by atoms with van der Waals surface area (Å²) in [5, 5.41) is 0. The Morgan fingerprint density at radius 2 is 2.42 bits per heavy atom. The molecule has 0 aliphatic rings. The van der Waals surface area contributed by atoms with Gasteiger partial charge in [0, 0.05) is 12.3 Å². The first-order valence-corrected chi connectivity index (χ1v) is 5.00. The number of nitrogens with zero attached hydrogens (tertiary/aromatic N) is 2. The third-order valence-corrected chi connectivity index (χ3v) is 2.81. The molecular formula is C6H2BrClN2OS. The van der Waals surface area contributed by atoms with Crippen LogP contribution in [0.3, 0.4) is 0 Å². The van der Waals surface area contributed by atoms with Crippen molar-refractivity contribution >= 4 is 43.8 Å². The number of hydrogen-bond acceptors (Lipinski definition) is 3. The minimum absolute atomic E-state index is 0.130. The molecule has 0 amide bonds. The van der Waals surface area contributed by atoms with Crippen molar-refractivity contribution < 1.29 is 0 Å². The standard InChI is InChI=1S/C6H2BrClN2OS/c7-3-1-5(11)10-2-4(8)12-6(10)9-3/h1-2H. The summed E-state index contributed by atoms with van der Waals surface area (Å²) in [6.45, 7) is 0. The van der Waals surface area contributed by atoms with Gasteiger partial charge in [-0.1, -0.05) is 22.9 Å². The molecule has 0 aliphatic carbocycles. The van der Waals surface area contributed by atoms with Crippen LogP contribution in [0.25, 0.3) is 4.96 Å². The van der Waals surface area contributed by atoms with Crippen molar-refractivity contribution in [3.63, 3.8) is 0 Å². The normalized spacial score (nSPS) is 10.8. The summed E-state index contributed by atoms with van der Waals surface area (Å²) < 4.78 is 2.50. The van der Waals surface area contributed by atoms with Crippen LogP contribution in [0.4, 0.5) is 0 Å². The second-order valence-electron chi connectivity index (χ2n) is 2.10. The molecule has 12 heavy (non-hydrogen) atoms. The van der Waals surface area contributed by atoms with Crippen LogP contribution in [0.1, 0.15) is 0 Å². The van der Waals surface area contributed by atoms with Gasteiger partial charge in [0.1, 0.15) is 8.94 Å². The van der Waals surface area contributed by atoms with Crippen molar-refractivity contribution in [1.29, 1.82) is 0 Å². The van der Waals surface area contributed by atoms with Crippen molar-refractivity contribution in [3.05, 3.63) is 31.6 Å². The highest BCUT2D eigenvalue weighted by Crippen LogP contribution is 2.20. The van der Waals surface area contributed by atoms with Gasteiger partial charge < -0.3 is 0 Å². The Labute approximate surface area is 84.8 Å². The zero-order valence-corrected chi connectivity index (χ0v) is 8.78. The summed E-state index contributed by atoms with van der Waals surface area (Å²) >= 11 is 10.1. The molecule has 2 heterocycles. The zero-order valence-electron chi connectivity index (χ0n) is 5.62. The summed E-state index contributed by atoms with van der Waals surface area (Å²) in [5.74, 6) is 0. The van der Waals surface area contributed by atoms with Gasteiger partial charge >= 0.3 is 0 Å². The zero-order chi connectivity index (χ0) is 8.72. The van der Waals surface area contributed by atoms with Gasteiger partial charge in [0.15, 0.2) is 4.96 Å². The van der Waals surface area contributed by atoms with Crippen LogP contribution in [0.5, 0.6) is 0 Å². The highest BCUT2D eigenvalue weighted by atomic mass is 79.9. The molecule has 6 heteroatoms. The SMILES string of the molecule is O=c1cc(Br)nc2sc(Cl)cn12. The third kappa shape index (κ3) is 1.28. The van der Waals surface area contributed by atoms with Gasteiger partial charge in [-0.25, -0.2) is 4.98 Å². The van der Waals surface area contributed by atoms with E-state index in [2.05, 4.69) is 20.9 Å². The van der Waals surface area contributed by atoms with Crippen molar-refractivity contribution in [2.75, 3.05) is 0 Å². The lowest BCUT2D eigenvalue weighted by Gasteiger charge is -1.89. The van der Waals surface area contributed by atoms with Crippen molar-refractivity contribution in [2.45, 2.75) is 0 Å². The Balaban J connectivity index is 2.98. The average molecular weight is 266 g/mol. The number of thiazole rings is 1. The molecule has 2 aromatic heterocycles. The van der Waals surface area contributed by atoms with Crippen LogP contribution in [-0.4, -0.2) is 9.38 Å². The highest BCUT2D eigenvalue weighted by Gasteiger charge is 2.03. The molecule has 62 valence electrons. The van der Waals surface area contributed by atoms with Crippen LogP contribution in [0, 0.1) is 0 Å². The average Bonchev–Trinajstić information content (AvgIpc) is 2.29. The van der Waals surface area contributed by atoms with Gasteiger partial charge in [-0.2, -0.15) is 0 Å². The van der Waals surface area contributed by atoms with Crippen LogP contribution in [0.2, 0.25) is 4.34 Å². The lowest BCUT2D eigenvalue weighted by molar-refractivity contribution is 1.06. The van der Waals surface area contributed by atoms with Crippen molar-refractivity contribution in [3.8, 4) is 0 Å². The summed E-state index contributed by atoms with van der Waals surface area (Å²) in [7, 11) is 0. The maximum absolute atomic E-state index is 11.3. The van der Waals surface area contributed by atoms with Gasteiger partial charge in [0.2, 0.25) is 0 Å². The fourth-order valence-corrected chi connectivity index (χ4v) is 2.35. The number of hydrogen-bond donors (Lipinski definition) is 0. The first kappa shape index (κ1) is 8.22. The number of fused-ring (bicyclic) bond motifs is 1. The molecule has 0 N–H and O–H groups in total. The largest absolute Gasteiger partial charge is 0.269 e. The predicted octanol–water partition coefficient (Wildman–Crippen LogP) is 2.17. The van der Waals surface area contributed by atoms with E-state index in [1.54, 1.807) is 6.20 Å². The Morgan fingerprint density at radius 1 is 1.67 bits per heavy atom. The molecule has 0 unspecified atom stereocenters. The fraction of sp³-hybridized carbons (Fsp3) is 0. The molecule has 0 bridgehead atoms. The molecule has 0 aliphatic heterocycles. The Hall–Kier alpha value is -0.390. The molecule has 0 saturated heterocycles. The topological polar surface area (TPSA) is 34.4 Å². The van der Waals surface area contributed by atoms with Gasteiger partial charge in [0.05, 0.1) is 0 Å². The Bertz CT molecular complexity index is 492. The number of aromatic nitrogens is 2. The molecule has 0 spiro atoms. The highest BCUT2D eigenvalue weighted by molar-refractivity contribution is 9.10. The van der Waals surface area contributed by atoms with E-state index in [-0.39, 0.29) is 5.56 Å². The minimum atomic E-state index is -0.130. The van der Waals surface area contributed by atoms with Crippen LogP contribution in [-0.2, 0) is 0 Å². The maximum Gasteiger partial charge on any atom is 0.259 e.